The monoisotopic (exact) mass is 384 g/mol. The first kappa shape index (κ1) is 21.4. The molecule has 2 heteroatoms. The highest BCUT2D eigenvalue weighted by atomic mass is 16.5. The van der Waals surface area contributed by atoms with Gasteiger partial charge in [0.25, 0.3) is 0 Å². The number of carbonyl (C=O) groups is 1. The third-order valence-corrected chi connectivity index (χ3v) is 7.48. The van der Waals surface area contributed by atoms with Crippen LogP contribution in [0.2, 0.25) is 0 Å². The number of carbonyl (C=O) groups excluding carboxylic acids is 1. The number of esters is 1. The van der Waals surface area contributed by atoms with Gasteiger partial charge in [0.05, 0.1) is 0 Å². The van der Waals surface area contributed by atoms with Crippen molar-refractivity contribution in [2.45, 2.75) is 97.3 Å². The predicted molar refractivity (Wildman–Crippen MR) is 116 cm³/mol. The van der Waals surface area contributed by atoms with E-state index in [2.05, 4.69) is 19.1 Å². The van der Waals surface area contributed by atoms with Crippen LogP contribution in [0.4, 0.5) is 0 Å². The lowest BCUT2D eigenvalue weighted by Gasteiger charge is -2.37. The van der Waals surface area contributed by atoms with Crippen molar-refractivity contribution in [1.29, 1.82) is 0 Å². The van der Waals surface area contributed by atoms with E-state index in [1.807, 2.05) is 19.1 Å². The molecule has 28 heavy (non-hydrogen) atoms. The molecular formula is C26H40O2. The van der Waals surface area contributed by atoms with E-state index in [0.717, 1.165) is 36.5 Å². The molecule has 0 N–H and O–H groups in total. The molecule has 0 heterocycles. The van der Waals surface area contributed by atoms with Crippen molar-refractivity contribution < 1.29 is 9.53 Å². The predicted octanol–water partition coefficient (Wildman–Crippen LogP) is 7.35. The fraction of sp³-hybridized carbons (Fsp3) is 0.731. The maximum atomic E-state index is 11.6. The van der Waals surface area contributed by atoms with Crippen LogP contribution in [0.5, 0.6) is 5.75 Å². The third-order valence-electron chi connectivity index (χ3n) is 7.48. The average molecular weight is 385 g/mol. The minimum absolute atomic E-state index is 0.129. The van der Waals surface area contributed by atoms with Crippen LogP contribution in [0.3, 0.4) is 0 Å². The van der Waals surface area contributed by atoms with Crippen molar-refractivity contribution in [3.63, 3.8) is 0 Å². The van der Waals surface area contributed by atoms with Gasteiger partial charge < -0.3 is 4.74 Å². The number of rotatable bonds is 8. The van der Waals surface area contributed by atoms with Crippen LogP contribution in [0.1, 0.15) is 96.5 Å². The van der Waals surface area contributed by atoms with Gasteiger partial charge in [-0.3, -0.25) is 4.79 Å². The Hall–Kier alpha value is -1.31. The van der Waals surface area contributed by atoms with Crippen molar-refractivity contribution >= 4 is 5.97 Å². The third kappa shape index (κ3) is 6.36. The topological polar surface area (TPSA) is 26.3 Å². The largest absolute Gasteiger partial charge is 0.427 e. The molecule has 2 aliphatic rings. The van der Waals surface area contributed by atoms with E-state index in [9.17, 15) is 4.79 Å². The molecule has 0 unspecified atom stereocenters. The van der Waals surface area contributed by atoms with Gasteiger partial charge >= 0.3 is 5.97 Å². The maximum absolute atomic E-state index is 11.6. The van der Waals surface area contributed by atoms with Crippen LogP contribution in [-0.2, 0) is 11.2 Å². The summed E-state index contributed by atoms with van der Waals surface area (Å²) >= 11 is 0. The van der Waals surface area contributed by atoms with E-state index in [4.69, 9.17) is 4.74 Å². The highest BCUT2D eigenvalue weighted by Crippen LogP contribution is 2.42. The second-order valence-corrected chi connectivity index (χ2v) is 9.38. The number of hydrogen-bond donors (Lipinski definition) is 0. The lowest BCUT2D eigenvalue weighted by Crippen LogP contribution is -2.25. The van der Waals surface area contributed by atoms with Crippen LogP contribution >= 0.6 is 0 Å². The number of ether oxygens (including phenoxy) is 1. The van der Waals surface area contributed by atoms with Crippen LogP contribution < -0.4 is 4.74 Å². The van der Waals surface area contributed by atoms with Gasteiger partial charge in [-0.25, -0.2) is 0 Å². The fourth-order valence-electron chi connectivity index (χ4n) is 5.50. The second kappa shape index (κ2) is 11.0. The lowest BCUT2D eigenvalue weighted by molar-refractivity contribution is -0.134. The number of benzene rings is 1. The molecule has 0 amide bonds. The summed E-state index contributed by atoms with van der Waals surface area (Å²) in [5, 5.41) is 0. The van der Waals surface area contributed by atoms with E-state index in [1.54, 1.807) is 0 Å². The summed E-state index contributed by atoms with van der Waals surface area (Å²) in [6, 6.07) is 8.16. The lowest BCUT2D eigenvalue weighted by atomic mass is 9.68. The van der Waals surface area contributed by atoms with Gasteiger partial charge in [-0.05, 0) is 86.3 Å². The van der Waals surface area contributed by atoms with Crippen LogP contribution in [-0.4, -0.2) is 5.97 Å². The molecule has 1 aromatic carbocycles. The zero-order valence-electron chi connectivity index (χ0n) is 18.1. The molecule has 2 aliphatic carbocycles. The van der Waals surface area contributed by atoms with Crippen molar-refractivity contribution in [3.8, 4) is 5.75 Å². The average Bonchev–Trinajstić information content (AvgIpc) is 2.74. The summed E-state index contributed by atoms with van der Waals surface area (Å²) in [6.45, 7) is 4.36. The van der Waals surface area contributed by atoms with E-state index >= 15 is 0 Å². The molecule has 2 saturated carbocycles. The SMILES string of the molecule is CCCC(=O)Oc1ccc(CC[C@H]2CC[C@H]([C@H]3CC[C@H](CC)CC3)CC2)cc1. The Bertz CT molecular complexity index is 575. The van der Waals surface area contributed by atoms with Crippen molar-refractivity contribution in [1.82, 2.24) is 0 Å². The Morgan fingerprint density at radius 2 is 1.43 bits per heavy atom. The minimum atomic E-state index is -0.129. The molecule has 0 aromatic heterocycles. The summed E-state index contributed by atoms with van der Waals surface area (Å²) in [7, 11) is 0. The zero-order valence-corrected chi connectivity index (χ0v) is 18.1. The van der Waals surface area contributed by atoms with Crippen molar-refractivity contribution in [3.05, 3.63) is 29.8 Å². The first-order chi connectivity index (χ1) is 13.7. The molecular weight excluding hydrogens is 344 g/mol. The quantitative estimate of drug-likeness (QED) is 0.346. The molecule has 0 bridgehead atoms. The first-order valence-corrected chi connectivity index (χ1v) is 12.0. The minimum Gasteiger partial charge on any atom is -0.427 e. The molecule has 1 aromatic rings. The highest BCUT2D eigenvalue weighted by molar-refractivity contribution is 5.72. The summed E-state index contributed by atoms with van der Waals surface area (Å²) < 4.78 is 5.35. The van der Waals surface area contributed by atoms with Crippen LogP contribution in [0, 0.1) is 23.7 Å². The van der Waals surface area contributed by atoms with Crippen LogP contribution in [0.15, 0.2) is 24.3 Å². The van der Waals surface area contributed by atoms with Gasteiger partial charge in [0.15, 0.2) is 0 Å². The van der Waals surface area contributed by atoms with Gasteiger partial charge in [0, 0.05) is 6.42 Å². The van der Waals surface area contributed by atoms with E-state index in [0.29, 0.717) is 12.2 Å². The molecule has 0 atom stereocenters. The fourth-order valence-corrected chi connectivity index (χ4v) is 5.50. The summed E-state index contributed by atoms with van der Waals surface area (Å²) in [6.07, 6.45) is 17.0. The standard InChI is InChI=1S/C26H40O2/c1-3-5-26(27)28-25-18-12-22(13-19-25)7-6-21-10-16-24(17-11-21)23-14-8-20(4-2)9-15-23/h12-13,18-21,23-24H,3-11,14-17H2,1-2H3/t20-,21-,23-,24-. The maximum Gasteiger partial charge on any atom is 0.311 e. The summed E-state index contributed by atoms with van der Waals surface area (Å²) in [5.41, 5.74) is 1.37. The Morgan fingerprint density at radius 3 is 1.96 bits per heavy atom. The molecule has 3 rings (SSSR count). The Morgan fingerprint density at radius 1 is 0.857 bits per heavy atom. The highest BCUT2D eigenvalue weighted by Gasteiger charge is 2.30. The molecule has 0 radical (unpaired) electrons. The van der Waals surface area contributed by atoms with Gasteiger partial charge in [-0.2, -0.15) is 0 Å². The normalized spacial score (nSPS) is 28.1. The van der Waals surface area contributed by atoms with Gasteiger partial charge in [-0.15, -0.1) is 0 Å². The second-order valence-electron chi connectivity index (χ2n) is 9.38. The molecule has 2 nitrogen and oxygen atoms in total. The number of hydrogen-bond acceptors (Lipinski definition) is 2. The summed E-state index contributed by atoms with van der Waals surface area (Å²) in [5.74, 6) is 4.54. The van der Waals surface area contributed by atoms with E-state index < -0.39 is 0 Å². The molecule has 0 aliphatic heterocycles. The van der Waals surface area contributed by atoms with Gasteiger partial charge in [0.1, 0.15) is 5.75 Å². The van der Waals surface area contributed by atoms with Gasteiger partial charge in [-0.1, -0.05) is 58.1 Å². The molecule has 0 spiro atoms. The molecule has 156 valence electrons. The summed E-state index contributed by atoms with van der Waals surface area (Å²) in [4.78, 5) is 11.6. The van der Waals surface area contributed by atoms with Crippen molar-refractivity contribution in [2.75, 3.05) is 0 Å². The Kier molecular flexibility index (Phi) is 8.43. The zero-order chi connectivity index (χ0) is 19.8. The van der Waals surface area contributed by atoms with Crippen LogP contribution in [0.25, 0.3) is 0 Å². The molecule has 0 saturated heterocycles. The smallest absolute Gasteiger partial charge is 0.311 e. The van der Waals surface area contributed by atoms with E-state index in [1.165, 1.54) is 69.8 Å². The Labute approximate surface area is 172 Å². The van der Waals surface area contributed by atoms with Crippen molar-refractivity contribution in [2.24, 2.45) is 23.7 Å². The first-order valence-electron chi connectivity index (χ1n) is 12.0. The number of aryl methyl sites for hydroxylation is 1. The molecule has 2 fully saturated rings. The van der Waals surface area contributed by atoms with E-state index in [-0.39, 0.29) is 5.97 Å². The van der Waals surface area contributed by atoms with Gasteiger partial charge in [0.2, 0.25) is 0 Å². The Balaban J connectivity index is 1.35.